The van der Waals surface area contributed by atoms with Crippen molar-refractivity contribution < 1.29 is 24.2 Å². The quantitative estimate of drug-likeness (QED) is 0.413. The Balaban J connectivity index is 1.36. The van der Waals surface area contributed by atoms with Gasteiger partial charge in [0, 0.05) is 5.92 Å². The number of H-pyrrole nitrogens is 1. The Kier molecular flexibility index (Phi) is 6.34. The Morgan fingerprint density at radius 2 is 1.73 bits per heavy atom. The molecule has 1 aliphatic rings. The molecule has 0 fully saturated rings. The number of carboxylic acids is 1. The fourth-order valence-corrected chi connectivity index (χ4v) is 3.92. The van der Waals surface area contributed by atoms with Crippen molar-refractivity contribution in [2.45, 2.75) is 31.7 Å². The summed E-state index contributed by atoms with van der Waals surface area (Å²) in [7, 11) is 0. The van der Waals surface area contributed by atoms with Gasteiger partial charge in [-0.05, 0) is 28.7 Å². The Hall–Kier alpha value is -4.21. The zero-order chi connectivity index (χ0) is 23.4. The molecular weight excluding hydrogens is 426 g/mol. The van der Waals surface area contributed by atoms with E-state index in [9.17, 15) is 14.4 Å². The first-order chi connectivity index (χ1) is 16.0. The van der Waals surface area contributed by atoms with Crippen LogP contribution in [0.2, 0.25) is 0 Å². The maximum Gasteiger partial charge on any atom is 0.414 e. The lowest BCUT2D eigenvalue weighted by Crippen LogP contribution is -2.41. The third-order valence-electron chi connectivity index (χ3n) is 5.44. The number of rotatable bonds is 8. The second-order valence-corrected chi connectivity index (χ2v) is 7.61. The Labute approximate surface area is 189 Å². The van der Waals surface area contributed by atoms with E-state index in [-0.39, 0.29) is 30.7 Å². The molecule has 10 heteroatoms. The van der Waals surface area contributed by atoms with E-state index < -0.39 is 24.0 Å². The molecule has 0 bridgehead atoms. The van der Waals surface area contributed by atoms with Gasteiger partial charge in [-0.1, -0.05) is 61.9 Å². The number of aromatic nitrogens is 3. The summed E-state index contributed by atoms with van der Waals surface area (Å²) in [4.78, 5) is 39.6. The molecule has 10 nitrogen and oxygen atoms in total. The molecule has 33 heavy (non-hydrogen) atoms. The van der Waals surface area contributed by atoms with Gasteiger partial charge >= 0.3 is 12.1 Å². The number of aliphatic carboxylic acids is 1. The molecule has 0 radical (unpaired) electrons. The summed E-state index contributed by atoms with van der Waals surface area (Å²) in [6.07, 6.45) is 0.0969. The molecular formula is C23H23N5O5. The van der Waals surface area contributed by atoms with E-state index in [0.29, 0.717) is 6.42 Å². The Bertz CT molecular complexity index is 1150. The number of nitrogens with one attached hydrogen (secondary N) is 3. The van der Waals surface area contributed by atoms with Crippen molar-refractivity contribution in [3.05, 3.63) is 65.5 Å². The molecule has 2 amide bonds. The lowest BCUT2D eigenvalue weighted by atomic mass is 9.98. The number of anilines is 1. The molecule has 4 N–H and O–H groups in total. The molecule has 0 aliphatic heterocycles. The SMILES string of the molecule is CCC[C@@H](NC(=O)c1nc(NC(=O)OCC2c3ccccc3-c3ccccc32)n[nH]1)C(=O)O. The smallest absolute Gasteiger partial charge is 0.414 e. The third-order valence-corrected chi connectivity index (χ3v) is 5.44. The van der Waals surface area contributed by atoms with Gasteiger partial charge in [0.2, 0.25) is 5.82 Å². The highest BCUT2D eigenvalue weighted by molar-refractivity contribution is 5.94. The molecule has 1 atom stereocenters. The molecule has 0 spiro atoms. The summed E-state index contributed by atoms with van der Waals surface area (Å²) in [5, 5.41) is 20.1. The zero-order valence-corrected chi connectivity index (χ0v) is 17.9. The fraction of sp³-hybridized carbons (Fsp3) is 0.261. The van der Waals surface area contributed by atoms with Gasteiger partial charge in [0.1, 0.15) is 12.6 Å². The minimum atomic E-state index is -1.14. The number of fused-ring (bicyclic) bond motifs is 3. The average molecular weight is 449 g/mol. The molecule has 170 valence electrons. The van der Waals surface area contributed by atoms with Crippen LogP contribution in [0.15, 0.2) is 48.5 Å². The maximum absolute atomic E-state index is 12.3. The van der Waals surface area contributed by atoms with Crippen molar-refractivity contribution in [2.24, 2.45) is 0 Å². The summed E-state index contributed by atoms with van der Waals surface area (Å²) in [5.74, 6) is -2.33. The van der Waals surface area contributed by atoms with Crippen LogP contribution in [0.5, 0.6) is 0 Å². The van der Waals surface area contributed by atoms with E-state index in [2.05, 4.69) is 25.8 Å². The Morgan fingerprint density at radius 3 is 2.33 bits per heavy atom. The van der Waals surface area contributed by atoms with Crippen LogP contribution in [0.1, 0.15) is 47.4 Å². The standard InChI is InChI=1S/C23H23N5O5/c1-2-7-18(21(30)31)24-20(29)19-25-22(28-27-19)26-23(32)33-12-17-15-10-5-3-8-13(15)14-9-4-6-11-16(14)17/h3-6,8-11,17-18H,2,7,12H2,1H3,(H,24,29)(H,30,31)(H2,25,26,27,28,32)/t18-/m1/s1. The summed E-state index contributed by atoms with van der Waals surface area (Å²) >= 11 is 0. The van der Waals surface area contributed by atoms with Gasteiger partial charge in [-0.3, -0.25) is 15.2 Å². The number of nitrogens with zero attached hydrogens (tertiary/aromatic N) is 2. The maximum atomic E-state index is 12.3. The third kappa shape index (κ3) is 4.69. The first-order valence-corrected chi connectivity index (χ1v) is 10.6. The van der Waals surface area contributed by atoms with Gasteiger partial charge in [0.15, 0.2) is 0 Å². The average Bonchev–Trinajstić information content (AvgIpc) is 3.40. The highest BCUT2D eigenvalue weighted by Gasteiger charge is 2.29. The van der Waals surface area contributed by atoms with Gasteiger partial charge in [-0.25, -0.2) is 9.59 Å². The van der Waals surface area contributed by atoms with Gasteiger partial charge < -0.3 is 15.2 Å². The molecule has 1 heterocycles. The van der Waals surface area contributed by atoms with Crippen LogP contribution in [0.3, 0.4) is 0 Å². The molecule has 2 aromatic carbocycles. The van der Waals surface area contributed by atoms with E-state index in [1.54, 1.807) is 0 Å². The molecule has 1 aliphatic carbocycles. The predicted octanol–water partition coefficient (Wildman–Crippen LogP) is 3.15. The minimum absolute atomic E-state index is 0.0943. The van der Waals surface area contributed by atoms with Crippen LogP contribution < -0.4 is 10.6 Å². The van der Waals surface area contributed by atoms with Crippen LogP contribution >= 0.6 is 0 Å². The van der Waals surface area contributed by atoms with Crippen molar-refractivity contribution >= 4 is 23.9 Å². The second kappa shape index (κ2) is 9.51. The predicted molar refractivity (Wildman–Crippen MR) is 119 cm³/mol. The van der Waals surface area contributed by atoms with Gasteiger partial charge in [0.05, 0.1) is 0 Å². The van der Waals surface area contributed by atoms with E-state index in [1.165, 1.54) is 0 Å². The fourth-order valence-electron chi connectivity index (χ4n) is 3.92. The van der Waals surface area contributed by atoms with Crippen molar-refractivity contribution in [1.29, 1.82) is 0 Å². The molecule has 0 unspecified atom stereocenters. The van der Waals surface area contributed by atoms with Gasteiger partial charge in [-0.2, -0.15) is 4.98 Å². The first kappa shape index (κ1) is 22.0. The summed E-state index contributed by atoms with van der Waals surface area (Å²) in [5.41, 5.74) is 4.41. The van der Waals surface area contributed by atoms with Gasteiger partial charge in [0.25, 0.3) is 11.9 Å². The number of hydrogen-bond acceptors (Lipinski definition) is 6. The van der Waals surface area contributed by atoms with E-state index in [4.69, 9.17) is 9.84 Å². The van der Waals surface area contributed by atoms with E-state index >= 15 is 0 Å². The van der Waals surface area contributed by atoms with Gasteiger partial charge in [-0.15, -0.1) is 5.10 Å². The van der Waals surface area contributed by atoms with Crippen LogP contribution in [0.4, 0.5) is 10.7 Å². The lowest BCUT2D eigenvalue weighted by Gasteiger charge is -2.14. The number of carbonyl (C=O) groups excluding carboxylic acids is 2. The number of aromatic amines is 1. The monoisotopic (exact) mass is 449 g/mol. The van der Waals surface area contributed by atoms with E-state index in [0.717, 1.165) is 22.3 Å². The first-order valence-electron chi connectivity index (χ1n) is 10.6. The van der Waals surface area contributed by atoms with Crippen molar-refractivity contribution in [2.75, 3.05) is 11.9 Å². The number of ether oxygens (including phenoxy) is 1. The van der Waals surface area contributed by atoms with Crippen molar-refractivity contribution in [1.82, 2.24) is 20.5 Å². The number of carboxylic acid groups (broad SMARTS) is 1. The van der Waals surface area contributed by atoms with Crippen molar-refractivity contribution in [3.63, 3.8) is 0 Å². The van der Waals surface area contributed by atoms with Crippen molar-refractivity contribution in [3.8, 4) is 11.1 Å². The summed E-state index contributed by atoms with van der Waals surface area (Å²) < 4.78 is 5.42. The summed E-state index contributed by atoms with van der Waals surface area (Å²) in [6, 6.07) is 14.9. The normalized spacial score (nSPS) is 13.0. The van der Waals surface area contributed by atoms with Crippen LogP contribution in [0.25, 0.3) is 11.1 Å². The number of carbonyl (C=O) groups is 3. The molecule has 0 saturated heterocycles. The minimum Gasteiger partial charge on any atom is -0.480 e. The molecule has 0 saturated carbocycles. The van der Waals surface area contributed by atoms with Crippen LogP contribution in [-0.4, -0.2) is 50.9 Å². The summed E-state index contributed by atoms with van der Waals surface area (Å²) in [6.45, 7) is 1.93. The highest BCUT2D eigenvalue weighted by atomic mass is 16.5. The van der Waals surface area contributed by atoms with Crippen LogP contribution in [0, 0.1) is 0 Å². The zero-order valence-electron chi connectivity index (χ0n) is 17.9. The van der Waals surface area contributed by atoms with Crippen LogP contribution in [-0.2, 0) is 9.53 Å². The Morgan fingerprint density at radius 1 is 1.09 bits per heavy atom. The highest BCUT2D eigenvalue weighted by Crippen LogP contribution is 2.44. The number of amides is 2. The largest absolute Gasteiger partial charge is 0.480 e. The number of benzene rings is 2. The van der Waals surface area contributed by atoms with E-state index in [1.807, 2.05) is 55.5 Å². The number of hydrogen-bond donors (Lipinski definition) is 4. The molecule has 4 rings (SSSR count). The molecule has 1 aromatic heterocycles. The second-order valence-electron chi connectivity index (χ2n) is 7.61. The topological polar surface area (TPSA) is 146 Å². The lowest BCUT2D eigenvalue weighted by molar-refractivity contribution is -0.139. The molecule has 3 aromatic rings.